The zero-order valence-electron chi connectivity index (χ0n) is 8.16. The van der Waals surface area contributed by atoms with Crippen LogP contribution >= 0.6 is 0 Å². The molecule has 0 aliphatic carbocycles. The van der Waals surface area contributed by atoms with Gasteiger partial charge in [0.25, 0.3) is 0 Å². The SMILES string of the molecule is CC1(C)Cc2cncc(C(=O)O)c2N1. The van der Waals surface area contributed by atoms with Gasteiger partial charge in [-0.2, -0.15) is 0 Å². The number of anilines is 1. The average Bonchev–Trinajstić information content (AvgIpc) is 2.36. The van der Waals surface area contributed by atoms with E-state index >= 15 is 0 Å². The van der Waals surface area contributed by atoms with Crippen molar-refractivity contribution in [3.8, 4) is 0 Å². The zero-order chi connectivity index (χ0) is 10.3. The van der Waals surface area contributed by atoms with E-state index in [1.807, 2.05) is 13.8 Å². The third kappa shape index (κ3) is 1.32. The average molecular weight is 192 g/mol. The van der Waals surface area contributed by atoms with E-state index in [1.54, 1.807) is 6.20 Å². The largest absolute Gasteiger partial charge is 0.478 e. The number of carboxylic acid groups (broad SMARTS) is 1. The molecule has 2 rings (SSSR count). The number of hydrogen-bond acceptors (Lipinski definition) is 3. The molecule has 0 spiro atoms. The van der Waals surface area contributed by atoms with E-state index in [0.29, 0.717) is 0 Å². The highest BCUT2D eigenvalue weighted by atomic mass is 16.4. The van der Waals surface area contributed by atoms with Crippen LogP contribution in [0, 0.1) is 0 Å². The molecule has 4 heteroatoms. The van der Waals surface area contributed by atoms with Crippen molar-refractivity contribution >= 4 is 11.7 Å². The fourth-order valence-corrected chi connectivity index (χ4v) is 1.81. The zero-order valence-corrected chi connectivity index (χ0v) is 8.16. The molecule has 74 valence electrons. The molecule has 1 aliphatic heterocycles. The van der Waals surface area contributed by atoms with E-state index in [1.165, 1.54) is 6.20 Å². The van der Waals surface area contributed by atoms with E-state index in [-0.39, 0.29) is 11.1 Å². The van der Waals surface area contributed by atoms with Crippen LogP contribution in [0.25, 0.3) is 0 Å². The highest BCUT2D eigenvalue weighted by Crippen LogP contribution is 2.33. The standard InChI is InChI=1S/C10H12N2O2/c1-10(2)3-6-4-11-5-7(9(13)14)8(6)12-10/h4-5,12H,3H2,1-2H3,(H,13,14). The van der Waals surface area contributed by atoms with E-state index in [9.17, 15) is 4.79 Å². The first-order valence-corrected chi connectivity index (χ1v) is 4.48. The second kappa shape index (κ2) is 2.70. The van der Waals surface area contributed by atoms with Crippen molar-refractivity contribution in [3.05, 3.63) is 23.5 Å². The predicted octanol–water partition coefficient (Wildman–Crippen LogP) is 1.53. The number of hydrogen-bond donors (Lipinski definition) is 2. The summed E-state index contributed by atoms with van der Waals surface area (Å²) in [4.78, 5) is 14.8. The summed E-state index contributed by atoms with van der Waals surface area (Å²) in [5.74, 6) is -0.931. The molecule has 0 amide bonds. The number of rotatable bonds is 1. The van der Waals surface area contributed by atoms with Crippen LogP contribution in [0.5, 0.6) is 0 Å². The normalized spacial score (nSPS) is 17.3. The molecular weight excluding hydrogens is 180 g/mol. The number of nitrogens with one attached hydrogen (secondary N) is 1. The molecule has 0 bridgehead atoms. The molecule has 4 nitrogen and oxygen atoms in total. The Hall–Kier alpha value is -1.58. The molecule has 0 unspecified atom stereocenters. The van der Waals surface area contributed by atoms with Crippen LogP contribution in [0.4, 0.5) is 5.69 Å². The van der Waals surface area contributed by atoms with Gasteiger partial charge in [-0.25, -0.2) is 4.79 Å². The summed E-state index contributed by atoms with van der Waals surface area (Å²) in [5, 5.41) is 12.1. The van der Waals surface area contributed by atoms with Gasteiger partial charge >= 0.3 is 5.97 Å². The molecule has 1 aliphatic rings. The third-order valence-corrected chi connectivity index (χ3v) is 2.35. The Balaban J connectivity index is 2.52. The lowest BCUT2D eigenvalue weighted by atomic mass is 10.0. The Labute approximate surface area is 82.0 Å². The number of fused-ring (bicyclic) bond motifs is 1. The Bertz CT molecular complexity index is 399. The highest BCUT2D eigenvalue weighted by Gasteiger charge is 2.30. The molecule has 0 radical (unpaired) electrons. The fourth-order valence-electron chi connectivity index (χ4n) is 1.81. The second-order valence-electron chi connectivity index (χ2n) is 4.21. The Morgan fingerprint density at radius 1 is 1.57 bits per heavy atom. The quantitative estimate of drug-likeness (QED) is 0.708. The highest BCUT2D eigenvalue weighted by molar-refractivity contribution is 5.95. The van der Waals surface area contributed by atoms with E-state index < -0.39 is 5.97 Å². The number of carbonyl (C=O) groups is 1. The summed E-state index contributed by atoms with van der Waals surface area (Å²) in [7, 11) is 0. The number of carboxylic acids is 1. The van der Waals surface area contributed by atoms with Crippen LogP contribution in [0.15, 0.2) is 12.4 Å². The molecule has 0 saturated heterocycles. The van der Waals surface area contributed by atoms with E-state index in [0.717, 1.165) is 17.7 Å². The third-order valence-electron chi connectivity index (χ3n) is 2.35. The van der Waals surface area contributed by atoms with Gasteiger partial charge in [0.15, 0.2) is 0 Å². The Morgan fingerprint density at radius 3 is 2.93 bits per heavy atom. The number of aromatic carboxylic acids is 1. The van der Waals surface area contributed by atoms with Gasteiger partial charge in [0.2, 0.25) is 0 Å². The van der Waals surface area contributed by atoms with Crippen molar-refractivity contribution in [1.82, 2.24) is 4.98 Å². The van der Waals surface area contributed by atoms with Crippen molar-refractivity contribution in [2.24, 2.45) is 0 Å². The molecule has 0 aromatic carbocycles. The van der Waals surface area contributed by atoms with Gasteiger partial charge in [-0.05, 0) is 25.8 Å². The molecular formula is C10H12N2O2. The lowest BCUT2D eigenvalue weighted by molar-refractivity contribution is 0.0697. The van der Waals surface area contributed by atoms with Crippen LogP contribution in [0.3, 0.4) is 0 Å². The second-order valence-corrected chi connectivity index (χ2v) is 4.21. The minimum Gasteiger partial charge on any atom is -0.478 e. The van der Waals surface area contributed by atoms with Crippen LogP contribution in [-0.2, 0) is 6.42 Å². The van der Waals surface area contributed by atoms with Crippen LogP contribution < -0.4 is 5.32 Å². The fraction of sp³-hybridized carbons (Fsp3) is 0.400. The molecule has 2 heterocycles. The van der Waals surface area contributed by atoms with Gasteiger partial charge in [0.1, 0.15) is 5.56 Å². The minimum atomic E-state index is -0.931. The first-order valence-electron chi connectivity index (χ1n) is 4.48. The van der Waals surface area contributed by atoms with Crippen LogP contribution in [-0.4, -0.2) is 21.6 Å². The molecule has 0 fully saturated rings. The lowest BCUT2D eigenvalue weighted by Gasteiger charge is -2.18. The summed E-state index contributed by atoms with van der Waals surface area (Å²) in [6, 6.07) is 0. The van der Waals surface area contributed by atoms with Gasteiger partial charge in [-0.1, -0.05) is 0 Å². The maximum Gasteiger partial charge on any atom is 0.339 e. The summed E-state index contributed by atoms with van der Waals surface area (Å²) < 4.78 is 0. The van der Waals surface area contributed by atoms with Crippen LogP contribution in [0.2, 0.25) is 0 Å². The first-order chi connectivity index (χ1) is 6.49. The van der Waals surface area contributed by atoms with Gasteiger partial charge in [-0.3, -0.25) is 4.98 Å². The molecule has 0 atom stereocenters. The molecule has 1 aromatic heterocycles. The maximum atomic E-state index is 10.9. The van der Waals surface area contributed by atoms with E-state index in [2.05, 4.69) is 10.3 Å². The van der Waals surface area contributed by atoms with Crippen molar-refractivity contribution in [1.29, 1.82) is 0 Å². The van der Waals surface area contributed by atoms with Crippen LogP contribution in [0.1, 0.15) is 29.8 Å². The van der Waals surface area contributed by atoms with Crippen molar-refractivity contribution in [2.45, 2.75) is 25.8 Å². The smallest absolute Gasteiger partial charge is 0.339 e. The number of pyridine rings is 1. The monoisotopic (exact) mass is 192 g/mol. The number of aromatic nitrogens is 1. The predicted molar refractivity (Wildman–Crippen MR) is 52.6 cm³/mol. The van der Waals surface area contributed by atoms with Gasteiger partial charge < -0.3 is 10.4 Å². The molecule has 0 saturated carbocycles. The Kier molecular flexibility index (Phi) is 1.74. The molecule has 2 N–H and O–H groups in total. The summed E-state index contributed by atoms with van der Waals surface area (Å²) in [5.41, 5.74) is 1.88. The van der Waals surface area contributed by atoms with Gasteiger partial charge in [-0.15, -0.1) is 0 Å². The van der Waals surface area contributed by atoms with Crippen molar-refractivity contribution in [3.63, 3.8) is 0 Å². The van der Waals surface area contributed by atoms with Crippen molar-refractivity contribution in [2.75, 3.05) is 5.32 Å². The van der Waals surface area contributed by atoms with Crippen molar-refractivity contribution < 1.29 is 9.90 Å². The topological polar surface area (TPSA) is 62.2 Å². The first kappa shape index (κ1) is 8.99. The number of nitrogens with zero attached hydrogens (tertiary/aromatic N) is 1. The van der Waals surface area contributed by atoms with Gasteiger partial charge in [0, 0.05) is 17.9 Å². The molecule has 14 heavy (non-hydrogen) atoms. The summed E-state index contributed by atoms with van der Waals surface area (Å²) in [6.07, 6.45) is 3.93. The van der Waals surface area contributed by atoms with E-state index in [4.69, 9.17) is 5.11 Å². The minimum absolute atomic E-state index is 0.0738. The summed E-state index contributed by atoms with van der Waals surface area (Å²) >= 11 is 0. The lowest BCUT2D eigenvalue weighted by Crippen LogP contribution is -2.27. The molecule has 1 aromatic rings. The summed E-state index contributed by atoms with van der Waals surface area (Å²) in [6.45, 7) is 4.08. The Morgan fingerprint density at radius 2 is 2.29 bits per heavy atom. The maximum absolute atomic E-state index is 10.9. The van der Waals surface area contributed by atoms with Gasteiger partial charge in [0.05, 0.1) is 5.69 Å².